The summed E-state index contributed by atoms with van der Waals surface area (Å²) >= 11 is 0. The third-order valence-electron chi connectivity index (χ3n) is 3.14. The molecule has 15 heavy (non-hydrogen) atoms. The number of hydrogen-bond donors (Lipinski definition) is 0. The van der Waals surface area contributed by atoms with Gasteiger partial charge in [0.2, 0.25) is 0 Å². The van der Waals surface area contributed by atoms with E-state index in [0.717, 1.165) is 12.5 Å². The van der Waals surface area contributed by atoms with Gasteiger partial charge in [-0.2, -0.15) is 0 Å². The van der Waals surface area contributed by atoms with Crippen molar-refractivity contribution in [3.05, 3.63) is 35.9 Å². The van der Waals surface area contributed by atoms with Crippen molar-refractivity contribution in [2.45, 2.75) is 39.2 Å². The first-order valence-electron chi connectivity index (χ1n) is 5.98. The number of benzene rings is 1. The first-order valence-corrected chi connectivity index (χ1v) is 5.98. The van der Waals surface area contributed by atoms with E-state index < -0.39 is 0 Å². The fourth-order valence-corrected chi connectivity index (χ4v) is 1.79. The van der Waals surface area contributed by atoms with Crippen molar-refractivity contribution in [3.8, 4) is 0 Å². The van der Waals surface area contributed by atoms with Gasteiger partial charge in [-0.3, -0.25) is 0 Å². The molecule has 1 aromatic rings. The van der Waals surface area contributed by atoms with Gasteiger partial charge in [0.15, 0.2) is 0 Å². The number of likely N-dealkylation sites (tertiary alicyclic amines) is 1. The molecule has 1 aromatic carbocycles. The summed E-state index contributed by atoms with van der Waals surface area (Å²) in [7, 11) is 2.19. The summed E-state index contributed by atoms with van der Waals surface area (Å²) in [4.78, 5) is 2.40. The molecule has 1 heteroatoms. The minimum Gasteiger partial charge on any atom is -0.304 e. The van der Waals surface area contributed by atoms with Gasteiger partial charge >= 0.3 is 0 Å². The molecule has 0 aromatic heterocycles. The Labute approximate surface area is 94.1 Å². The van der Waals surface area contributed by atoms with Crippen LogP contribution in [-0.4, -0.2) is 24.5 Å². The first-order chi connectivity index (χ1) is 7.24. The van der Waals surface area contributed by atoms with Crippen LogP contribution in [-0.2, 0) is 6.42 Å². The van der Waals surface area contributed by atoms with E-state index in [0.29, 0.717) is 0 Å². The van der Waals surface area contributed by atoms with E-state index in [1.807, 2.05) is 6.07 Å². The molecule has 0 radical (unpaired) electrons. The van der Waals surface area contributed by atoms with Crippen LogP contribution < -0.4 is 0 Å². The molecule has 1 nitrogen and oxygen atoms in total. The molecule has 1 fully saturated rings. The fourth-order valence-electron chi connectivity index (χ4n) is 1.79. The largest absolute Gasteiger partial charge is 0.304 e. The lowest BCUT2D eigenvalue weighted by Crippen LogP contribution is -2.20. The molecule has 0 N–H and O–H groups in total. The number of hydrogen-bond acceptors (Lipinski definition) is 1. The quantitative estimate of drug-likeness (QED) is 0.679. The van der Waals surface area contributed by atoms with Gasteiger partial charge in [0.1, 0.15) is 0 Å². The lowest BCUT2D eigenvalue weighted by atomic mass is 10.2. The van der Waals surface area contributed by atoms with E-state index in [2.05, 4.69) is 50.1 Å². The zero-order valence-electron chi connectivity index (χ0n) is 10.2. The van der Waals surface area contributed by atoms with Gasteiger partial charge in [-0.25, -0.2) is 0 Å². The van der Waals surface area contributed by atoms with Crippen molar-refractivity contribution in [3.63, 3.8) is 0 Å². The van der Waals surface area contributed by atoms with E-state index in [1.54, 1.807) is 0 Å². The van der Waals surface area contributed by atoms with Crippen LogP contribution >= 0.6 is 0 Å². The Morgan fingerprint density at radius 3 is 2.20 bits per heavy atom. The highest BCUT2D eigenvalue weighted by atomic mass is 15.1. The van der Waals surface area contributed by atoms with Gasteiger partial charge in [0.05, 0.1) is 0 Å². The van der Waals surface area contributed by atoms with Crippen LogP contribution in [0.15, 0.2) is 30.3 Å². The molecule has 1 heterocycles. The summed E-state index contributed by atoms with van der Waals surface area (Å²) in [6.45, 7) is 5.75. The monoisotopic (exact) mass is 205 g/mol. The second kappa shape index (κ2) is 6.62. The lowest BCUT2D eigenvalue weighted by molar-refractivity contribution is 0.331. The molecule has 1 atom stereocenters. The van der Waals surface area contributed by atoms with E-state index in [9.17, 15) is 0 Å². The molecule has 2 rings (SSSR count). The molecule has 0 spiro atoms. The highest BCUT2D eigenvalue weighted by molar-refractivity contribution is 5.13. The van der Waals surface area contributed by atoms with Crippen LogP contribution in [0.1, 0.15) is 32.3 Å². The molecule has 1 saturated heterocycles. The summed E-state index contributed by atoms with van der Waals surface area (Å²) in [5, 5.41) is 0. The van der Waals surface area contributed by atoms with Crippen molar-refractivity contribution in [1.82, 2.24) is 4.90 Å². The summed E-state index contributed by atoms with van der Waals surface area (Å²) in [6.07, 6.45) is 3.94. The molecular weight excluding hydrogens is 182 g/mol. The standard InChI is InChI=1S/C8H10.C6H13N/c1-2-8-6-4-3-5-7-8;1-6-4-3-5-7(6)2/h3-7H,2H2,1H3;6H,3-5H2,1-2H3/t;6-/m.1/s1. The second-order valence-corrected chi connectivity index (χ2v) is 4.31. The topological polar surface area (TPSA) is 3.24 Å². The van der Waals surface area contributed by atoms with Crippen LogP contribution in [0.5, 0.6) is 0 Å². The summed E-state index contributed by atoms with van der Waals surface area (Å²) < 4.78 is 0. The summed E-state index contributed by atoms with van der Waals surface area (Å²) in [6, 6.07) is 11.3. The molecule has 0 unspecified atom stereocenters. The predicted octanol–water partition coefficient (Wildman–Crippen LogP) is 3.35. The SMILES string of the molecule is CCc1ccccc1.C[C@@H]1CCCN1C. The van der Waals surface area contributed by atoms with Crippen molar-refractivity contribution >= 4 is 0 Å². The Bertz CT molecular complexity index is 247. The maximum absolute atomic E-state index is 2.40. The zero-order chi connectivity index (χ0) is 11.1. The van der Waals surface area contributed by atoms with Gasteiger partial charge in [0.25, 0.3) is 0 Å². The second-order valence-electron chi connectivity index (χ2n) is 4.31. The van der Waals surface area contributed by atoms with Gasteiger partial charge in [-0.05, 0) is 45.3 Å². The molecular formula is C14H23N. The van der Waals surface area contributed by atoms with E-state index in [-0.39, 0.29) is 0 Å². The van der Waals surface area contributed by atoms with Crippen LogP contribution in [0.4, 0.5) is 0 Å². The molecule has 0 bridgehead atoms. The summed E-state index contributed by atoms with van der Waals surface area (Å²) in [5.74, 6) is 0. The molecule has 1 aliphatic rings. The smallest absolute Gasteiger partial charge is 0.00643 e. The maximum Gasteiger partial charge on any atom is 0.00643 e. The molecule has 1 aliphatic heterocycles. The molecule has 0 aliphatic carbocycles. The molecule has 84 valence electrons. The highest BCUT2D eigenvalue weighted by Crippen LogP contribution is 2.12. The van der Waals surface area contributed by atoms with Crippen molar-refractivity contribution < 1.29 is 0 Å². The average Bonchev–Trinajstić information content (AvgIpc) is 2.65. The Kier molecular flexibility index (Phi) is 5.41. The average molecular weight is 205 g/mol. The Morgan fingerprint density at radius 1 is 1.27 bits per heavy atom. The Balaban J connectivity index is 0.000000151. The van der Waals surface area contributed by atoms with Crippen molar-refractivity contribution in [1.29, 1.82) is 0 Å². The van der Waals surface area contributed by atoms with Gasteiger partial charge < -0.3 is 4.90 Å². The fraction of sp³-hybridized carbons (Fsp3) is 0.571. The van der Waals surface area contributed by atoms with Gasteiger partial charge in [-0.15, -0.1) is 0 Å². The first kappa shape index (κ1) is 12.3. The molecule has 0 saturated carbocycles. The minimum absolute atomic E-state index is 0.847. The Morgan fingerprint density at radius 2 is 1.93 bits per heavy atom. The lowest BCUT2D eigenvalue weighted by Gasteiger charge is -2.12. The third-order valence-corrected chi connectivity index (χ3v) is 3.14. The van der Waals surface area contributed by atoms with Crippen LogP contribution in [0.3, 0.4) is 0 Å². The number of aryl methyl sites for hydroxylation is 1. The number of nitrogens with zero attached hydrogens (tertiary/aromatic N) is 1. The highest BCUT2D eigenvalue weighted by Gasteiger charge is 2.14. The van der Waals surface area contributed by atoms with Crippen LogP contribution in [0.2, 0.25) is 0 Å². The number of rotatable bonds is 1. The van der Waals surface area contributed by atoms with Crippen LogP contribution in [0, 0.1) is 0 Å². The van der Waals surface area contributed by atoms with Crippen LogP contribution in [0.25, 0.3) is 0 Å². The Hall–Kier alpha value is -0.820. The van der Waals surface area contributed by atoms with E-state index >= 15 is 0 Å². The van der Waals surface area contributed by atoms with E-state index in [4.69, 9.17) is 0 Å². The minimum atomic E-state index is 0.847. The van der Waals surface area contributed by atoms with Crippen molar-refractivity contribution in [2.75, 3.05) is 13.6 Å². The van der Waals surface area contributed by atoms with Crippen molar-refractivity contribution in [2.24, 2.45) is 0 Å². The predicted molar refractivity (Wildman–Crippen MR) is 67.1 cm³/mol. The van der Waals surface area contributed by atoms with Gasteiger partial charge in [0, 0.05) is 6.04 Å². The van der Waals surface area contributed by atoms with E-state index in [1.165, 1.54) is 24.9 Å². The molecule has 0 amide bonds. The van der Waals surface area contributed by atoms with Gasteiger partial charge in [-0.1, -0.05) is 37.3 Å². The normalized spacial score (nSPS) is 20.9. The summed E-state index contributed by atoms with van der Waals surface area (Å²) in [5.41, 5.74) is 1.41. The zero-order valence-corrected chi connectivity index (χ0v) is 10.2. The maximum atomic E-state index is 2.40. The third kappa shape index (κ3) is 4.48.